The second kappa shape index (κ2) is 11.0. The van der Waals surface area contributed by atoms with Crippen molar-refractivity contribution in [1.29, 1.82) is 0 Å². The Morgan fingerprint density at radius 3 is 2.54 bits per heavy atom. The van der Waals surface area contributed by atoms with Gasteiger partial charge in [-0.15, -0.1) is 0 Å². The van der Waals surface area contributed by atoms with Crippen molar-refractivity contribution in [2.75, 3.05) is 56.2 Å². The summed E-state index contributed by atoms with van der Waals surface area (Å²) in [5, 5.41) is 0. The number of hydrogen-bond acceptors (Lipinski definition) is 8. The molecule has 0 N–H and O–H groups in total. The van der Waals surface area contributed by atoms with Crippen LogP contribution in [0, 0.1) is 5.82 Å². The van der Waals surface area contributed by atoms with E-state index in [0.29, 0.717) is 72.0 Å². The smallest absolute Gasteiger partial charge is 0.267 e. The molecule has 3 aromatic rings. The first-order chi connectivity index (χ1) is 18.0. The Kier molecular flexibility index (Phi) is 7.54. The van der Waals surface area contributed by atoms with E-state index in [1.165, 1.54) is 28.3 Å². The molecule has 4 heterocycles. The molecule has 8 nitrogen and oxygen atoms in total. The number of thiocarbonyl (C=S) groups is 1. The zero-order chi connectivity index (χ0) is 25.9. The Balaban J connectivity index is 1.46. The quantitative estimate of drug-likeness (QED) is 0.257. The summed E-state index contributed by atoms with van der Waals surface area (Å²) in [6.45, 7) is 3.59. The number of amides is 1. The number of hydrogen-bond donors (Lipinski definition) is 0. The van der Waals surface area contributed by atoms with E-state index in [4.69, 9.17) is 21.9 Å². The molecule has 2 aromatic heterocycles. The van der Waals surface area contributed by atoms with Gasteiger partial charge in [0.2, 0.25) is 0 Å². The van der Waals surface area contributed by atoms with Crippen LogP contribution in [0.3, 0.4) is 0 Å². The number of ether oxygens (including phenoxy) is 1. The van der Waals surface area contributed by atoms with Gasteiger partial charge in [-0.25, -0.2) is 9.37 Å². The number of piperazine rings is 1. The van der Waals surface area contributed by atoms with E-state index in [1.54, 1.807) is 48.5 Å². The molecule has 2 saturated heterocycles. The normalized spacial score (nSPS) is 17.5. The number of anilines is 2. The molecule has 5 rings (SSSR count). The molecular weight excluding hydrogens is 513 g/mol. The predicted octanol–water partition coefficient (Wildman–Crippen LogP) is 3.40. The zero-order valence-corrected chi connectivity index (χ0v) is 21.9. The van der Waals surface area contributed by atoms with Crippen molar-refractivity contribution in [1.82, 2.24) is 14.3 Å². The lowest BCUT2D eigenvalue weighted by Crippen LogP contribution is -2.47. The highest BCUT2D eigenvalue weighted by Gasteiger charge is 2.33. The number of carbonyl (C=O) groups excluding carboxylic acids is 1. The Hall–Kier alpha value is -3.28. The monoisotopic (exact) mass is 539 g/mol. The fourth-order valence-electron chi connectivity index (χ4n) is 4.48. The second-order valence-electron chi connectivity index (χ2n) is 8.71. The minimum Gasteiger partial charge on any atom is -0.385 e. The van der Waals surface area contributed by atoms with Crippen molar-refractivity contribution < 1.29 is 13.9 Å². The molecule has 0 radical (unpaired) electrons. The molecule has 2 aliphatic heterocycles. The van der Waals surface area contributed by atoms with Crippen LogP contribution in [0.4, 0.5) is 15.9 Å². The van der Waals surface area contributed by atoms with E-state index < -0.39 is 0 Å². The lowest BCUT2D eigenvalue weighted by atomic mass is 10.2. The number of halogens is 1. The van der Waals surface area contributed by atoms with Crippen molar-refractivity contribution in [3.63, 3.8) is 0 Å². The molecule has 2 fully saturated rings. The topological polar surface area (TPSA) is 70.4 Å². The van der Waals surface area contributed by atoms with E-state index in [9.17, 15) is 14.0 Å². The molecule has 0 bridgehead atoms. The van der Waals surface area contributed by atoms with Crippen LogP contribution in [0.25, 0.3) is 11.7 Å². The maximum absolute atomic E-state index is 13.6. The van der Waals surface area contributed by atoms with E-state index in [2.05, 4.69) is 9.80 Å². The molecule has 0 saturated carbocycles. The van der Waals surface area contributed by atoms with E-state index in [1.807, 2.05) is 6.07 Å². The van der Waals surface area contributed by atoms with Gasteiger partial charge in [0.25, 0.3) is 11.5 Å². The molecule has 1 amide bonds. The first kappa shape index (κ1) is 25.4. The van der Waals surface area contributed by atoms with Gasteiger partial charge in [0.15, 0.2) is 0 Å². The third-order valence-corrected chi connectivity index (χ3v) is 7.78. The fourth-order valence-corrected chi connectivity index (χ4v) is 5.77. The lowest BCUT2D eigenvalue weighted by molar-refractivity contribution is -0.122. The predicted molar refractivity (Wildman–Crippen MR) is 149 cm³/mol. The fraction of sp³-hybridized carbons (Fsp3) is 0.308. The molecule has 0 aliphatic carbocycles. The number of thioether (sulfide) groups is 1. The van der Waals surface area contributed by atoms with Gasteiger partial charge >= 0.3 is 0 Å². The maximum atomic E-state index is 13.6. The van der Waals surface area contributed by atoms with E-state index in [0.717, 1.165) is 5.69 Å². The first-order valence-corrected chi connectivity index (χ1v) is 13.2. The van der Waals surface area contributed by atoms with E-state index in [-0.39, 0.29) is 17.3 Å². The highest BCUT2D eigenvalue weighted by Crippen LogP contribution is 2.34. The number of rotatable bonds is 7. The highest BCUT2D eigenvalue weighted by atomic mass is 32.2. The summed E-state index contributed by atoms with van der Waals surface area (Å²) >= 11 is 6.64. The molecule has 0 unspecified atom stereocenters. The Morgan fingerprint density at radius 1 is 1.08 bits per heavy atom. The lowest BCUT2D eigenvalue weighted by Gasteiger charge is -2.37. The van der Waals surface area contributed by atoms with Crippen LogP contribution in [0.15, 0.2) is 58.4 Å². The number of methoxy groups -OCH3 is 1. The minimum absolute atomic E-state index is 0.212. The largest absolute Gasteiger partial charge is 0.385 e. The summed E-state index contributed by atoms with van der Waals surface area (Å²) in [5.74, 6) is 0.0623. The third kappa shape index (κ3) is 5.25. The molecule has 2 aliphatic rings. The molecular formula is C26H26FN5O3S2. The maximum Gasteiger partial charge on any atom is 0.267 e. The zero-order valence-electron chi connectivity index (χ0n) is 20.3. The number of nitrogens with zero attached hydrogens (tertiary/aromatic N) is 5. The van der Waals surface area contributed by atoms with Crippen molar-refractivity contribution in [2.45, 2.75) is 6.42 Å². The standard InChI is InChI=1S/C26H26FN5O3S2/c1-35-16-4-11-32-25(34)21(37-26(32)36)17-20-23(28-22-5-2-3-10-31(22)24(20)33)30-14-12-29(13-15-30)19-8-6-18(27)7-9-19/h2-3,5-10,17H,4,11-16H2,1H3/b21-17-. The summed E-state index contributed by atoms with van der Waals surface area (Å²) in [5.41, 5.74) is 1.60. The summed E-state index contributed by atoms with van der Waals surface area (Å²) in [7, 11) is 1.62. The van der Waals surface area contributed by atoms with Crippen LogP contribution in [0.5, 0.6) is 0 Å². The molecule has 37 heavy (non-hydrogen) atoms. The molecule has 192 valence electrons. The summed E-state index contributed by atoms with van der Waals surface area (Å²) < 4.78 is 20.4. The number of pyridine rings is 1. The van der Waals surface area contributed by atoms with Crippen LogP contribution in [0.1, 0.15) is 12.0 Å². The van der Waals surface area contributed by atoms with Gasteiger partial charge in [-0.3, -0.25) is 18.9 Å². The van der Waals surface area contributed by atoms with Gasteiger partial charge < -0.3 is 14.5 Å². The number of carbonyl (C=O) groups is 1. The minimum atomic E-state index is -0.267. The van der Waals surface area contributed by atoms with Crippen LogP contribution >= 0.6 is 24.0 Å². The number of benzene rings is 1. The molecule has 0 spiro atoms. The SMILES string of the molecule is COCCCN1C(=O)/C(=C/c2c(N3CCN(c4ccc(F)cc4)CC3)nc3ccccn3c2=O)SC1=S. The van der Waals surface area contributed by atoms with E-state index >= 15 is 0 Å². The van der Waals surface area contributed by atoms with Gasteiger partial charge in [0, 0.05) is 58.3 Å². The van der Waals surface area contributed by atoms with Gasteiger partial charge in [-0.1, -0.05) is 30.0 Å². The molecule has 11 heteroatoms. The first-order valence-electron chi connectivity index (χ1n) is 12.0. The van der Waals surface area contributed by atoms with Gasteiger partial charge in [-0.05, 0) is 48.9 Å². The molecule has 1 aromatic carbocycles. The van der Waals surface area contributed by atoms with Crippen LogP contribution in [-0.2, 0) is 9.53 Å². The van der Waals surface area contributed by atoms with Gasteiger partial charge in [0.05, 0.1) is 10.5 Å². The van der Waals surface area contributed by atoms with Gasteiger partial charge in [-0.2, -0.15) is 0 Å². The molecule has 0 atom stereocenters. The Bertz CT molecular complexity index is 1420. The van der Waals surface area contributed by atoms with Crippen molar-refractivity contribution in [2.24, 2.45) is 0 Å². The summed E-state index contributed by atoms with van der Waals surface area (Å²) in [6, 6.07) is 11.9. The van der Waals surface area contributed by atoms with Crippen LogP contribution in [0.2, 0.25) is 0 Å². The Morgan fingerprint density at radius 2 is 1.81 bits per heavy atom. The van der Waals surface area contributed by atoms with Crippen molar-refractivity contribution in [3.05, 3.63) is 75.3 Å². The number of fused-ring (bicyclic) bond motifs is 1. The summed E-state index contributed by atoms with van der Waals surface area (Å²) in [6.07, 6.45) is 3.97. The average Bonchev–Trinajstić information content (AvgIpc) is 3.18. The highest BCUT2D eigenvalue weighted by molar-refractivity contribution is 8.26. The number of aromatic nitrogens is 2. The summed E-state index contributed by atoms with van der Waals surface area (Å²) in [4.78, 5) is 37.8. The van der Waals surface area contributed by atoms with Crippen LogP contribution < -0.4 is 15.4 Å². The van der Waals surface area contributed by atoms with Gasteiger partial charge in [0.1, 0.15) is 21.6 Å². The van der Waals surface area contributed by atoms with Crippen molar-refractivity contribution in [3.8, 4) is 0 Å². The van der Waals surface area contributed by atoms with Crippen LogP contribution in [-0.4, -0.2) is 71.0 Å². The third-order valence-electron chi connectivity index (χ3n) is 6.40. The van der Waals surface area contributed by atoms with Crippen molar-refractivity contribution >= 4 is 57.4 Å². The second-order valence-corrected chi connectivity index (χ2v) is 10.4. The Labute approximate surface area is 223 Å². The average molecular weight is 540 g/mol.